The molecule has 0 spiro atoms. The van der Waals surface area contributed by atoms with Crippen molar-refractivity contribution in [2.45, 2.75) is 39.4 Å². The average Bonchev–Trinajstić information content (AvgIpc) is 2.51. The van der Waals surface area contributed by atoms with Crippen molar-refractivity contribution in [3.63, 3.8) is 0 Å². The third-order valence-corrected chi connectivity index (χ3v) is 2.90. The SMILES string of the molecule is CCOC(CCOCCCCOc1ccccc1)OCC. The van der Waals surface area contributed by atoms with Gasteiger partial charge in [0.05, 0.1) is 13.2 Å². The topological polar surface area (TPSA) is 36.9 Å². The molecule has 1 aromatic rings. The van der Waals surface area contributed by atoms with Crippen LogP contribution in [0, 0.1) is 0 Å². The lowest BCUT2D eigenvalue weighted by molar-refractivity contribution is -0.146. The molecular weight excluding hydrogens is 268 g/mol. The number of ether oxygens (including phenoxy) is 4. The van der Waals surface area contributed by atoms with Crippen LogP contribution < -0.4 is 4.74 Å². The molecule has 0 radical (unpaired) electrons. The predicted octanol–water partition coefficient (Wildman–Crippen LogP) is 3.65. The van der Waals surface area contributed by atoms with Gasteiger partial charge in [-0.1, -0.05) is 18.2 Å². The molecule has 0 N–H and O–H groups in total. The van der Waals surface area contributed by atoms with E-state index in [9.17, 15) is 0 Å². The second kappa shape index (κ2) is 12.6. The zero-order valence-electron chi connectivity index (χ0n) is 13.3. The van der Waals surface area contributed by atoms with Crippen LogP contribution >= 0.6 is 0 Å². The fourth-order valence-corrected chi connectivity index (χ4v) is 1.88. The van der Waals surface area contributed by atoms with E-state index in [0.717, 1.165) is 38.2 Å². The first-order chi connectivity index (χ1) is 10.4. The molecule has 21 heavy (non-hydrogen) atoms. The van der Waals surface area contributed by atoms with Gasteiger partial charge in [0.2, 0.25) is 0 Å². The van der Waals surface area contributed by atoms with Crippen molar-refractivity contribution in [2.75, 3.05) is 33.0 Å². The smallest absolute Gasteiger partial charge is 0.159 e. The Balaban J connectivity index is 1.92. The van der Waals surface area contributed by atoms with Crippen molar-refractivity contribution < 1.29 is 18.9 Å². The number of unbranched alkanes of at least 4 members (excludes halogenated alkanes) is 1. The lowest BCUT2D eigenvalue weighted by Crippen LogP contribution is -2.19. The average molecular weight is 296 g/mol. The molecule has 0 bridgehead atoms. The number of hydrogen-bond donors (Lipinski definition) is 0. The van der Waals surface area contributed by atoms with E-state index in [1.54, 1.807) is 0 Å². The Morgan fingerprint density at radius 1 is 0.857 bits per heavy atom. The second-order valence-corrected chi connectivity index (χ2v) is 4.61. The number of benzene rings is 1. The Morgan fingerprint density at radius 2 is 1.52 bits per heavy atom. The minimum atomic E-state index is -0.138. The predicted molar refractivity (Wildman–Crippen MR) is 83.6 cm³/mol. The zero-order chi connectivity index (χ0) is 15.2. The van der Waals surface area contributed by atoms with E-state index in [1.165, 1.54) is 0 Å². The van der Waals surface area contributed by atoms with Crippen LogP contribution in [0.3, 0.4) is 0 Å². The maximum Gasteiger partial charge on any atom is 0.159 e. The molecule has 0 aliphatic rings. The highest BCUT2D eigenvalue weighted by atomic mass is 16.7. The molecule has 0 aromatic heterocycles. The number of hydrogen-bond acceptors (Lipinski definition) is 4. The molecule has 4 heteroatoms. The van der Waals surface area contributed by atoms with E-state index in [1.807, 2.05) is 44.2 Å². The highest BCUT2D eigenvalue weighted by molar-refractivity contribution is 5.20. The molecule has 120 valence electrons. The molecule has 1 rings (SSSR count). The molecule has 0 fully saturated rings. The minimum Gasteiger partial charge on any atom is -0.494 e. The minimum absolute atomic E-state index is 0.138. The lowest BCUT2D eigenvalue weighted by Gasteiger charge is -2.16. The van der Waals surface area contributed by atoms with Gasteiger partial charge in [0.1, 0.15) is 5.75 Å². The van der Waals surface area contributed by atoms with Crippen LogP contribution in [0.5, 0.6) is 5.75 Å². The van der Waals surface area contributed by atoms with Crippen molar-refractivity contribution in [3.05, 3.63) is 30.3 Å². The van der Waals surface area contributed by atoms with Crippen LogP contribution in [-0.2, 0) is 14.2 Å². The highest BCUT2D eigenvalue weighted by Gasteiger charge is 2.06. The van der Waals surface area contributed by atoms with Crippen molar-refractivity contribution in [1.29, 1.82) is 0 Å². The molecule has 0 aliphatic carbocycles. The summed E-state index contributed by atoms with van der Waals surface area (Å²) >= 11 is 0. The Labute approximate surface area is 128 Å². The molecule has 0 saturated heterocycles. The van der Waals surface area contributed by atoms with Gasteiger partial charge in [-0.25, -0.2) is 0 Å². The normalized spacial score (nSPS) is 11.0. The highest BCUT2D eigenvalue weighted by Crippen LogP contribution is 2.09. The summed E-state index contributed by atoms with van der Waals surface area (Å²) in [6.07, 6.45) is 2.64. The lowest BCUT2D eigenvalue weighted by atomic mass is 10.3. The Kier molecular flexibility index (Phi) is 10.8. The molecule has 0 saturated carbocycles. The fraction of sp³-hybridized carbons (Fsp3) is 0.647. The molecular formula is C17H28O4. The van der Waals surface area contributed by atoms with Gasteiger partial charge >= 0.3 is 0 Å². The second-order valence-electron chi connectivity index (χ2n) is 4.61. The van der Waals surface area contributed by atoms with Crippen LogP contribution in [0.2, 0.25) is 0 Å². The largest absolute Gasteiger partial charge is 0.494 e. The fourth-order valence-electron chi connectivity index (χ4n) is 1.88. The quantitative estimate of drug-likeness (QED) is 0.411. The summed E-state index contributed by atoms with van der Waals surface area (Å²) in [5.74, 6) is 0.926. The Hall–Kier alpha value is -1.10. The zero-order valence-corrected chi connectivity index (χ0v) is 13.3. The van der Waals surface area contributed by atoms with Gasteiger partial charge in [0, 0.05) is 26.2 Å². The summed E-state index contributed by atoms with van der Waals surface area (Å²) in [7, 11) is 0. The third-order valence-electron chi connectivity index (χ3n) is 2.90. The van der Waals surface area contributed by atoms with Crippen LogP contribution in [0.15, 0.2) is 30.3 Å². The van der Waals surface area contributed by atoms with Crippen LogP contribution in [-0.4, -0.2) is 39.3 Å². The summed E-state index contributed by atoms with van der Waals surface area (Å²) in [4.78, 5) is 0. The maximum atomic E-state index is 5.62. The number of para-hydroxylation sites is 1. The molecule has 4 nitrogen and oxygen atoms in total. The molecule has 0 aliphatic heterocycles. The van der Waals surface area contributed by atoms with Gasteiger partial charge in [-0.3, -0.25) is 0 Å². The first-order valence-corrected chi connectivity index (χ1v) is 7.85. The molecule has 0 amide bonds. The van der Waals surface area contributed by atoms with Crippen molar-refractivity contribution in [2.24, 2.45) is 0 Å². The summed E-state index contributed by atoms with van der Waals surface area (Å²) in [5, 5.41) is 0. The molecule has 0 heterocycles. The van der Waals surface area contributed by atoms with Crippen molar-refractivity contribution in [1.82, 2.24) is 0 Å². The van der Waals surface area contributed by atoms with E-state index in [2.05, 4.69) is 0 Å². The van der Waals surface area contributed by atoms with Gasteiger partial charge in [0.15, 0.2) is 6.29 Å². The van der Waals surface area contributed by atoms with Gasteiger partial charge in [-0.2, -0.15) is 0 Å². The van der Waals surface area contributed by atoms with E-state index >= 15 is 0 Å². The Morgan fingerprint density at radius 3 is 2.19 bits per heavy atom. The maximum absolute atomic E-state index is 5.62. The summed E-state index contributed by atoms with van der Waals surface area (Å²) in [6, 6.07) is 9.88. The summed E-state index contributed by atoms with van der Waals surface area (Å²) < 4.78 is 22.1. The van der Waals surface area contributed by atoms with Gasteiger partial charge in [-0.15, -0.1) is 0 Å². The molecule has 0 unspecified atom stereocenters. The van der Waals surface area contributed by atoms with E-state index < -0.39 is 0 Å². The van der Waals surface area contributed by atoms with Crippen LogP contribution in [0.4, 0.5) is 0 Å². The van der Waals surface area contributed by atoms with Gasteiger partial charge in [0.25, 0.3) is 0 Å². The first kappa shape index (κ1) is 18.0. The summed E-state index contributed by atoms with van der Waals surface area (Å²) in [5.41, 5.74) is 0. The van der Waals surface area contributed by atoms with Crippen molar-refractivity contribution >= 4 is 0 Å². The van der Waals surface area contributed by atoms with Crippen LogP contribution in [0.1, 0.15) is 33.1 Å². The number of rotatable bonds is 13. The molecule has 1 aromatic carbocycles. The van der Waals surface area contributed by atoms with Gasteiger partial charge in [-0.05, 0) is 38.8 Å². The monoisotopic (exact) mass is 296 g/mol. The third kappa shape index (κ3) is 9.45. The van der Waals surface area contributed by atoms with E-state index in [0.29, 0.717) is 19.8 Å². The van der Waals surface area contributed by atoms with Gasteiger partial charge < -0.3 is 18.9 Å². The van der Waals surface area contributed by atoms with Crippen molar-refractivity contribution in [3.8, 4) is 5.75 Å². The van der Waals surface area contributed by atoms with E-state index in [-0.39, 0.29) is 6.29 Å². The molecule has 0 atom stereocenters. The first-order valence-electron chi connectivity index (χ1n) is 7.85. The summed E-state index contributed by atoms with van der Waals surface area (Å²) in [6.45, 7) is 7.43. The van der Waals surface area contributed by atoms with E-state index in [4.69, 9.17) is 18.9 Å². The van der Waals surface area contributed by atoms with Crippen LogP contribution in [0.25, 0.3) is 0 Å². The standard InChI is InChI=1S/C17H28O4/c1-3-19-17(20-4-2)12-15-18-13-8-9-14-21-16-10-6-5-7-11-16/h5-7,10-11,17H,3-4,8-9,12-15H2,1-2H3. The Bertz CT molecular complexity index is 323.